The predicted octanol–water partition coefficient (Wildman–Crippen LogP) is 3.74. The molecule has 0 saturated carbocycles. The van der Waals surface area contributed by atoms with Crippen LogP contribution in [0.15, 0.2) is 54.6 Å². The molecule has 0 aliphatic rings. The molecule has 2 rings (SSSR count). The number of benzene rings is 2. The van der Waals surface area contributed by atoms with Gasteiger partial charge in [-0.3, -0.25) is 9.59 Å². The summed E-state index contributed by atoms with van der Waals surface area (Å²) >= 11 is 0. The molecule has 0 radical (unpaired) electrons. The average Bonchev–Trinajstić information content (AvgIpc) is 2.62. The van der Waals surface area contributed by atoms with Gasteiger partial charge in [-0.15, -0.1) is 0 Å². The van der Waals surface area contributed by atoms with Crippen molar-refractivity contribution in [2.24, 2.45) is 0 Å². The summed E-state index contributed by atoms with van der Waals surface area (Å²) in [5.41, 5.74) is 1.000. The van der Waals surface area contributed by atoms with Crippen molar-refractivity contribution in [3.63, 3.8) is 0 Å². The van der Waals surface area contributed by atoms with Gasteiger partial charge in [0, 0.05) is 0 Å². The Morgan fingerprint density at radius 1 is 0.833 bits per heavy atom. The Bertz CT molecular complexity index is 689. The summed E-state index contributed by atoms with van der Waals surface area (Å²) in [7, 11) is 0. The standard InChI is InChI=1S/C20H22O4/c1-4-23-18(21)20(3,19(22)24-5-2)17-13-9-12-16(14-17)15-10-7-6-8-11-15/h6-14H,4-5H2,1-3H3. The van der Waals surface area contributed by atoms with E-state index < -0.39 is 17.4 Å². The minimum Gasteiger partial charge on any atom is -0.465 e. The second-order valence-electron chi connectivity index (χ2n) is 5.51. The van der Waals surface area contributed by atoms with Gasteiger partial charge in [0.1, 0.15) is 0 Å². The molecule has 0 aromatic heterocycles. The lowest BCUT2D eigenvalue weighted by molar-refractivity contribution is -0.163. The number of carbonyl (C=O) groups excluding carboxylic acids is 2. The minimum absolute atomic E-state index is 0.201. The minimum atomic E-state index is -1.49. The topological polar surface area (TPSA) is 52.6 Å². The monoisotopic (exact) mass is 326 g/mol. The molecular weight excluding hydrogens is 304 g/mol. The zero-order chi connectivity index (χ0) is 17.6. The average molecular weight is 326 g/mol. The summed E-state index contributed by atoms with van der Waals surface area (Å²) in [4.78, 5) is 25.0. The highest BCUT2D eigenvalue weighted by molar-refractivity contribution is 6.06. The highest BCUT2D eigenvalue weighted by Crippen LogP contribution is 2.31. The molecule has 4 heteroatoms. The van der Waals surface area contributed by atoms with Crippen LogP contribution in [-0.4, -0.2) is 25.2 Å². The van der Waals surface area contributed by atoms with E-state index in [0.29, 0.717) is 5.56 Å². The largest absolute Gasteiger partial charge is 0.465 e. The summed E-state index contributed by atoms with van der Waals surface area (Å²) in [5.74, 6) is -1.21. The molecule has 24 heavy (non-hydrogen) atoms. The lowest BCUT2D eigenvalue weighted by atomic mass is 9.81. The van der Waals surface area contributed by atoms with Gasteiger partial charge < -0.3 is 9.47 Å². The van der Waals surface area contributed by atoms with Crippen LogP contribution in [0.5, 0.6) is 0 Å². The molecule has 2 aromatic carbocycles. The molecule has 4 nitrogen and oxygen atoms in total. The first-order chi connectivity index (χ1) is 11.5. The van der Waals surface area contributed by atoms with Gasteiger partial charge in [0.2, 0.25) is 0 Å². The first-order valence-corrected chi connectivity index (χ1v) is 8.04. The molecule has 0 amide bonds. The summed E-state index contributed by atoms with van der Waals surface area (Å²) < 4.78 is 10.3. The third-order valence-electron chi connectivity index (χ3n) is 3.91. The number of hydrogen-bond donors (Lipinski definition) is 0. The van der Waals surface area contributed by atoms with Gasteiger partial charge in [0.25, 0.3) is 0 Å². The van der Waals surface area contributed by atoms with Gasteiger partial charge in [-0.2, -0.15) is 0 Å². The fourth-order valence-corrected chi connectivity index (χ4v) is 2.51. The van der Waals surface area contributed by atoms with Crippen LogP contribution >= 0.6 is 0 Å². The Balaban J connectivity index is 2.51. The molecule has 0 saturated heterocycles. The smallest absolute Gasteiger partial charge is 0.327 e. The molecule has 2 aromatic rings. The Hall–Kier alpha value is -2.62. The molecule has 0 bridgehead atoms. The van der Waals surface area contributed by atoms with Crippen LogP contribution in [0.1, 0.15) is 26.3 Å². The van der Waals surface area contributed by atoms with E-state index in [-0.39, 0.29) is 13.2 Å². The van der Waals surface area contributed by atoms with E-state index in [9.17, 15) is 9.59 Å². The van der Waals surface area contributed by atoms with Crippen LogP contribution in [0.3, 0.4) is 0 Å². The van der Waals surface area contributed by atoms with Gasteiger partial charge in [-0.05, 0) is 43.5 Å². The number of carbonyl (C=O) groups is 2. The van der Waals surface area contributed by atoms with E-state index in [2.05, 4.69) is 0 Å². The highest BCUT2D eigenvalue weighted by atomic mass is 16.6. The van der Waals surface area contributed by atoms with Gasteiger partial charge in [-0.25, -0.2) is 0 Å². The van der Waals surface area contributed by atoms with E-state index in [1.165, 1.54) is 0 Å². The van der Waals surface area contributed by atoms with Gasteiger partial charge in [0.05, 0.1) is 13.2 Å². The molecule has 0 heterocycles. The second-order valence-corrected chi connectivity index (χ2v) is 5.51. The van der Waals surface area contributed by atoms with Crippen LogP contribution in [0, 0.1) is 0 Å². The number of ether oxygens (including phenoxy) is 2. The van der Waals surface area contributed by atoms with E-state index in [0.717, 1.165) is 11.1 Å². The highest BCUT2D eigenvalue weighted by Gasteiger charge is 2.46. The molecular formula is C20H22O4. The van der Waals surface area contributed by atoms with Crippen LogP contribution in [-0.2, 0) is 24.5 Å². The number of hydrogen-bond acceptors (Lipinski definition) is 4. The lowest BCUT2D eigenvalue weighted by Gasteiger charge is -2.26. The van der Waals surface area contributed by atoms with E-state index >= 15 is 0 Å². The fraction of sp³-hybridized carbons (Fsp3) is 0.300. The molecule has 0 unspecified atom stereocenters. The number of rotatable bonds is 6. The summed E-state index contributed by atoms with van der Waals surface area (Å²) in [6.45, 7) is 5.37. The quantitative estimate of drug-likeness (QED) is 0.599. The molecule has 0 N–H and O–H groups in total. The van der Waals surface area contributed by atoms with Crippen LogP contribution in [0.4, 0.5) is 0 Å². The van der Waals surface area contributed by atoms with Crippen molar-refractivity contribution < 1.29 is 19.1 Å². The molecule has 0 aliphatic heterocycles. The first kappa shape index (κ1) is 17.7. The Morgan fingerprint density at radius 3 is 1.92 bits per heavy atom. The molecule has 0 atom stereocenters. The van der Waals surface area contributed by atoms with Gasteiger partial charge >= 0.3 is 11.9 Å². The normalized spacial score (nSPS) is 11.0. The van der Waals surface area contributed by atoms with Crippen LogP contribution in [0.25, 0.3) is 11.1 Å². The van der Waals surface area contributed by atoms with Crippen molar-refractivity contribution in [2.45, 2.75) is 26.2 Å². The summed E-state index contributed by atoms with van der Waals surface area (Å²) in [6.07, 6.45) is 0. The zero-order valence-electron chi connectivity index (χ0n) is 14.2. The zero-order valence-corrected chi connectivity index (χ0v) is 14.2. The van der Waals surface area contributed by atoms with Crippen molar-refractivity contribution in [1.82, 2.24) is 0 Å². The van der Waals surface area contributed by atoms with E-state index in [4.69, 9.17) is 9.47 Å². The third kappa shape index (κ3) is 3.48. The molecule has 0 aliphatic carbocycles. The maximum Gasteiger partial charge on any atom is 0.327 e. The van der Waals surface area contributed by atoms with E-state index in [1.54, 1.807) is 26.8 Å². The Kier molecular flexibility index (Phi) is 5.74. The maximum atomic E-state index is 12.5. The molecule has 126 valence electrons. The molecule has 0 fully saturated rings. The molecule has 0 spiro atoms. The maximum absolute atomic E-state index is 12.5. The van der Waals surface area contributed by atoms with Crippen LogP contribution in [0.2, 0.25) is 0 Å². The SMILES string of the molecule is CCOC(=O)C(C)(C(=O)OCC)c1cccc(-c2ccccc2)c1. The third-order valence-corrected chi connectivity index (χ3v) is 3.91. The lowest BCUT2D eigenvalue weighted by Crippen LogP contribution is -2.43. The van der Waals surface area contributed by atoms with Gasteiger partial charge in [0.15, 0.2) is 5.41 Å². The van der Waals surface area contributed by atoms with E-state index in [1.807, 2.05) is 48.5 Å². The summed E-state index contributed by atoms with van der Waals surface area (Å²) in [6, 6.07) is 17.1. The van der Waals surface area contributed by atoms with Crippen LogP contribution < -0.4 is 0 Å². The summed E-state index contributed by atoms with van der Waals surface area (Å²) in [5, 5.41) is 0. The second kappa shape index (κ2) is 7.77. The van der Waals surface area contributed by atoms with Crippen molar-refractivity contribution >= 4 is 11.9 Å². The Labute approximate surface area is 142 Å². The fourth-order valence-electron chi connectivity index (χ4n) is 2.51. The van der Waals surface area contributed by atoms with Crippen molar-refractivity contribution in [2.75, 3.05) is 13.2 Å². The number of esters is 2. The Morgan fingerprint density at radius 2 is 1.38 bits per heavy atom. The van der Waals surface area contributed by atoms with Gasteiger partial charge in [-0.1, -0.05) is 48.5 Å². The van der Waals surface area contributed by atoms with Crippen molar-refractivity contribution in [3.05, 3.63) is 60.2 Å². The predicted molar refractivity (Wildman–Crippen MR) is 92.5 cm³/mol. The first-order valence-electron chi connectivity index (χ1n) is 8.04. The van der Waals surface area contributed by atoms with Crippen molar-refractivity contribution in [3.8, 4) is 11.1 Å². The van der Waals surface area contributed by atoms with Crippen molar-refractivity contribution in [1.29, 1.82) is 0 Å².